The molecule has 3 aromatic carbocycles. The van der Waals surface area contributed by atoms with Crippen LogP contribution >= 0.6 is 11.3 Å². The average Bonchev–Trinajstić information content (AvgIpc) is 3.57. The van der Waals surface area contributed by atoms with Crippen LogP contribution < -0.4 is 14.9 Å². The smallest absolute Gasteiger partial charge is 0.338 e. The highest BCUT2D eigenvalue weighted by molar-refractivity contribution is 7.07. The Kier molecular flexibility index (Phi) is 7.54. The van der Waals surface area contributed by atoms with E-state index in [1.54, 1.807) is 11.5 Å². The fraction of sp³-hybridized carbons (Fsp3) is 0.200. The van der Waals surface area contributed by atoms with Crippen molar-refractivity contribution < 1.29 is 9.53 Å². The highest BCUT2D eigenvalue weighted by atomic mass is 32.1. The second-order valence-corrected chi connectivity index (χ2v) is 12.0. The molecule has 0 saturated carbocycles. The minimum absolute atomic E-state index is 0.224. The van der Waals surface area contributed by atoms with Gasteiger partial charge >= 0.3 is 5.97 Å². The third-order valence-electron chi connectivity index (χ3n) is 7.72. The molecule has 0 fully saturated rings. The normalized spacial score (nSPS) is 15.0. The van der Waals surface area contributed by atoms with Crippen molar-refractivity contribution in [3.63, 3.8) is 0 Å². The Morgan fingerprint density at radius 1 is 0.977 bits per heavy atom. The summed E-state index contributed by atoms with van der Waals surface area (Å²) in [6, 6.07) is 25.5. The lowest BCUT2D eigenvalue weighted by Crippen LogP contribution is -2.39. The molecule has 0 bridgehead atoms. The van der Waals surface area contributed by atoms with Gasteiger partial charge in [-0.05, 0) is 49.1 Å². The first-order valence-electron chi connectivity index (χ1n) is 14.2. The molecule has 0 amide bonds. The van der Waals surface area contributed by atoms with Crippen LogP contribution in [0.5, 0.6) is 0 Å². The SMILES string of the molecule is COC(=O)C1=C(C)N=c2s/c(=C\c3cn(-c4ccccc4)nc3-c3ccc(C)cc3)c(=O)n2[C@@H]1c1ccc(C(C)C)cc1. The Morgan fingerprint density at radius 2 is 1.67 bits per heavy atom. The molecule has 7 nitrogen and oxygen atoms in total. The highest BCUT2D eigenvalue weighted by Crippen LogP contribution is 2.31. The number of esters is 1. The van der Waals surface area contributed by atoms with Gasteiger partial charge in [-0.3, -0.25) is 9.36 Å². The third kappa shape index (κ3) is 5.30. The molecule has 3 heterocycles. The van der Waals surface area contributed by atoms with E-state index in [2.05, 4.69) is 26.0 Å². The lowest BCUT2D eigenvalue weighted by molar-refractivity contribution is -0.136. The molecule has 0 radical (unpaired) electrons. The summed E-state index contributed by atoms with van der Waals surface area (Å²) in [6.45, 7) is 8.10. The maximum atomic E-state index is 14.2. The number of thiazole rings is 1. The second-order valence-electron chi connectivity index (χ2n) is 11.0. The summed E-state index contributed by atoms with van der Waals surface area (Å²) in [5.74, 6) is -0.146. The summed E-state index contributed by atoms with van der Waals surface area (Å²) in [5.41, 5.74) is 7.26. The number of benzene rings is 3. The minimum Gasteiger partial charge on any atom is -0.466 e. The monoisotopic (exact) mass is 588 g/mol. The number of aromatic nitrogens is 3. The number of ether oxygens (including phenoxy) is 1. The van der Waals surface area contributed by atoms with Crippen LogP contribution in [-0.2, 0) is 9.53 Å². The third-order valence-corrected chi connectivity index (χ3v) is 8.70. The zero-order chi connectivity index (χ0) is 30.2. The van der Waals surface area contributed by atoms with Gasteiger partial charge < -0.3 is 4.74 Å². The summed E-state index contributed by atoms with van der Waals surface area (Å²) >= 11 is 1.30. The highest BCUT2D eigenvalue weighted by Gasteiger charge is 2.33. The van der Waals surface area contributed by atoms with E-state index in [4.69, 9.17) is 14.8 Å². The van der Waals surface area contributed by atoms with Gasteiger partial charge in [-0.15, -0.1) is 0 Å². The number of hydrogen-bond donors (Lipinski definition) is 0. The first-order valence-corrected chi connectivity index (χ1v) is 15.0. The molecule has 0 N–H and O–H groups in total. The van der Waals surface area contributed by atoms with E-state index < -0.39 is 12.0 Å². The van der Waals surface area contributed by atoms with E-state index in [9.17, 15) is 9.59 Å². The molecule has 0 saturated heterocycles. The number of carbonyl (C=O) groups excluding carboxylic acids is 1. The van der Waals surface area contributed by atoms with Crippen molar-refractivity contribution in [3.05, 3.63) is 138 Å². The average molecular weight is 589 g/mol. The van der Waals surface area contributed by atoms with Crippen LogP contribution in [0.3, 0.4) is 0 Å². The number of nitrogens with zero attached hydrogens (tertiary/aromatic N) is 4. The van der Waals surface area contributed by atoms with Gasteiger partial charge in [-0.1, -0.05) is 97.5 Å². The van der Waals surface area contributed by atoms with Gasteiger partial charge in [-0.25, -0.2) is 14.5 Å². The predicted molar refractivity (Wildman–Crippen MR) is 170 cm³/mol. The lowest BCUT2D eigenvalue weighted by Gasteiger charge is -2.24. The number of hydrogen-bond acceptors (Lipinski definition) is 6. The molecule has 6 rings (SSSR count). The predicted octanol–water partition coefficient (Wildman–Crippen LogP) is 5.69. The Labute approximate surface area is 253 Å². The van der Waals surface area contributed by atoms with Crippen LogP contribution in [0.2, 0.25) is 0 Å². The van der Waals surface area contributed by atoms with Crippen LogP contribution in [0, 0.1) is 6.92 Å². The first kappa shape index (κ1) is 28.3. The van der Waals surface area contributed by atoms with Gasteiger partial charge in [0, 0.05) is 17.3 Å². The maximum Gasteiger partial charge on any atom is 0.338 e. The standard InChI is InChI=1S/C35H32N4O3S/c1-21(2)24-15-17-26(18-16-24)32-30(34(41)42-5)23(4)36-35-39(32)33(40)29(43-35)19-27-20-38(28-9-7-6-8-10-28)37-31(27)25-13-11-22(3)12-14-25/h6-21,32H,1-5H3/b29-19-/t32-/m1/s1. The van der Waals surface area contributed by atoms with Crippen LogP contribution in [0.15, 0.2) is 106 Å². The summed E-state index contributed by atoms with van der Waals surface area (Å²) in [6.07, 6.45) is 3.82. The molecule has 216 valence electrons. The van der Waals surface area contributed by atoms with E-state index >= 15 is 0 Å². The molecule has 1 aliphatic rings. The summed E-state index contributed by atoms with van der Waals surface area (Å²) < 4.78 is 9.11. The van der Waals surface area contributed by atoms with Crippen LogP contribution in [0.4, 0.5) is 0 Å². The quantitative estimate of drug-likeness (QED) is 0.239. The molecule has 1 aliphatic heterocycles. The van der Waals surface area contributed by atoms with E-state index in [-0.39, 0.29) is 5.56 Å². The number of aryl methyl sites for hydroxylation is 1. The van der Waals surface area contributed by atoms with E-state index in [1.165, 1.54) is 24.0 Å². The van der Waals surface area contributed by atoms with Crippen molar-refractivity contribution in [3.8, 4) is 16.9 Å². The number of para-hydroxylation sites is 1. The second kappa shape index (κ2) is 11.5. The molecule has 1 atom stereocenters. The molecule has 2 aromatic heterocycles. The Hall–Kier alpha value is -4.82. The summed E-state index contributed by atoms with van der Waals surface area (Å²) in [4.78, 5) is 32.5. The zero-order valence-corrected chi connectivity index (χ0v) is 25.6. The van der Waals surface area contributed by atoms with Gasteiger partial charge in [0.2, 0.25) is 0 Å². The lowest BCUT2D eigenvalue weighted by atomic mass is 9.93. The van der Waals surface area contributed by atoms with Gasteiger partial charge in [0.25, 0.3) is 5.56 Å². The van der Waals surface area contributed by atoms with Gasteiger partial charge in [0.15, 0.2) is 4.80 Å². The van der Waals surface area contributed by atoms with Crippen LogP contribution in [0.25, 0.3) is 23.0 Å². The molecule has 5 aromatic rings. The van der Waals surface area contributed by atoms with E-state index in [0.29, 0.717) is 26.5 Å². The Morgan fingerprint density at radius 3 is 2.33 bits per heavy atom. The molecular formula is C35H32N4O3S. The number of rotatable bonds is 6. The Balaban J connectivity index is 1.55. The van der Waals surface area contributed by atoms with Crippen LogP contribution in [-0.4, -0.2) is 27.4 Å². The van der Waals surface area contributed by atoms with Crippen molar-refractivity contribution in [2.24, 2.45) is 4.99 Å². The number of allylic oxidation sites excluding steroid dienone is 1. The molecule has 43 heavy (non-hydrogen) atoms. The molecule has 8 heteroatoms. The topological polar surface area (TPSA) is 78.5 Å². The van der Waals surface area contributed by atoms with E-state index in [0.717, 1.165) is 33.6 Å². The van der Waals surface area contributed by atoms with E-state index in [1.807, 2.05) is 90.6 Å². The van der Waals surface area contributed by atoms with Crippen molar-refractivity contribution in [2.75, 3.05) is 7.11 Å². The van der Waals surface area contributed by atoms with Crippen LogP contribution in [0.1, 0.15) is 55.0 Å². The van der Waals surface area contributed by atoms with Crippen molar-refractivity contribution in [2.45, 2.75) is 39.7 Å². The number of carbonyl (C=O) groups is 1. The molecule has 0 spiro atoms. The summed E-state index contributed by atoms with van der Waals surface area (Å²) in [5, 5.41) is 4.92. The van der Waals surface area contributed by atoms with Crippen molar-refractivity contribution >= 4 is 23.4 Å². The Bertz CT molecular complexity index is 2030. The molecular weight excluding hydrogens is 556 g/mol. The molecule has 0 unspecified atom stereocenters. The summed E-state index contributed by atoms with van der Waals surface area (Å²) in [7, 11) is 1.35. The molecule has 0 aliphatic carbocycles. The fourth-order valence-electron chi connectivity index (χ4n) is 5.35. The van der Waals surface area contributed by atoms with Gasteiger partial charge in [-0.2, -0.15) is 5.10 Å². The zero-order valence-electron chi connectivity index (χ0n) is 24.7. The number of methoxy groups -OCH3 is 1. The number of fused-ring (bicyclic) bond motifs is 1. The largest absolute Gasteiger partial charge is 0.466 e. The van der Waals surface area contributed by atoms with Gasteiger partial charge in [0.1, 0.15) is 0 Å². The first-order chi connectivity index (χ1) is 20.7. The fourth-order valence-corrected chi connectivity index (χ4v) is 6.39. The van der Waals surface area contributed by atoms with Crippen molar-refractivity contribution in [1.82, 2.24) is 14.3 Å². The minimum atomic E-state index is -0.657. The van der Waals surface area contributed by atoms with Gasteiger partial charge in [0.05, 0.1) is 40.3 Å². The maximum absolute atomic E-state index is 14.2. The van der Waals surface area contributed by atoms with Crippen molar-refractivity contribution in [1.29, 1.82) is 0 Å².